The van der Waals surface area contributed by atoms with Crippen molar-refractivity contribution >= 4 is 52.3 Å². The summed E-state index contributed by atoms with van der Waals surface area (Å²) in [5, 5.41) is 5.69. The molecule has 0 spiro atoms. The molecular formula is C25H23Cl4NO. The fourth-order valence-electron chi connectivity index (χ4n) is 3.61. The number of hydrogen-bond donors (Lipinski definition) is 1. The van der Waals surface area contributed by atoms with Crippen LogP contribution in [-0.4, -0.2) is 11.9 Å². The number of rotatable bonds is 8. The van der Waals surface area contributed by atoms with Crippen molar-refractivity contribution in [2.45, 2.75) is 38.1 Å². The molecule has 2 atom stereocenters. The summed E-state index contributed by atoms with van der Waals surface area (Å²) >= 11 is 24.2. The van der Waals surface area contributed by atoms with E-state index in [1.54, 1.807) is 6.07 Å². The molecule has 162 valence electrons. The number of nitrogens with one attached hydrogen (secondary N) is 1. The van der Waals surface area contributed by atoms with E-state index in [-0.39, 0.29) is 17.9 Å². The molecule has 1 amide bonds. The molecule has 0 aliphatic rings. The standard InChI is InChI=1S/C25H23Cl4NO/c1-16(30-25(31)11-4-18-12-22(28)15-23(29)13-18)24(19-5-9-21(27)10-6-19)14-17-2-7-20(26)8-3-17/h2-3,5-10,12-13,15-16,24H,4,11,14H2,1H3,(H,30,31). The van der Waals surface area contributed by atoms with E-state index in [2.05, 4.69) is 5.32 Å². The van der Waals surface area contributed by atoms with Crippen molar-refractivity contribution in [2.24, 2.45) is 0 Å². The molecule has 0 saturated heterocycles. The highest BCUT2D eigenvalue weighted by atomic mass is 35.5. The number of carbonyl (C=O) groups excluding carboxylic acids is 1. The third-order valence-electron chi connectivity index (χ3n) is 5.22. The lowest BCUT2D eigenvalue weighted by atomic mass is 9.86. The topological polar surface area (TPSA) is 29.1 Å². The van der Waals surface area contributed by atoms with E-state index in [9.17, 15) is 4.79 Å². The maximum Gasteiger partial charge on any atom is 0.220 e. The summed E-state index contributed by atoms with van der Waals surface area (Å²) < 4.78 is 0. The third-order valence-corrected chi connectivity index (χ3v) is 6.16. The average molecular weight is 495 g/mol. The minimum atomic E-state index is -0.0766. The van der Waals surface area contributed by atoms with Gasteiger partial charge in [-0.05, 0) is 78.9 Å². The zero-order valence-corrected chi connectivity index (χ0v) is 20.1. The summed E-state index contributed by atoms with van der Waals surface area (Å²) in [5.74, 6) is 0.0710. The van der Waals surface area contributed by atoms with E-state index in [1.807, 2.05) is 67.6 Å². The van der Waals surface area contributed by atoms with Crippen LogP contribution in [0, 0.1) is 0 Å². The third kappa shape index (κ3) is 7.43. The highest BCUT2D eigenvalue weighted by molar-refractivity contribution is 6.34. The van der Waals surface area contributed by atoms with Crippen molar-refractivity contribution in [1.82, 2.24) is 5.32 Å². The van der Waals surface area contributed by atoms with Gasteiger partial charge in [-0.15, -0.1) is 0 Å². The summed E-state index contributed by atoms with van der Waals surface area (Å²) in [4.78, 5) is 12.7. The van der Waals surface area contributed by atoms with Gasteiger partial charge in [0.2, 0.25) is 5.91 Å². The normalized spacial score (nSPS) is 12.9. The Morgan fingerprint density at radius 2 is 1.32 bits per heavy atom. The molecule has 1 N–H and O–H groups in total. The van der Waals surface area contributed by atoms with E-state index < -0.39 is 0 Å². The lowest BCUT2D eigenvalue weighted by Gasteiger charge is -2.26. The van der Waals surface area contributed by atoms with Gasteiger partial charge in [-0.3, -0.25) is 4.79 Å². The van der Waals surface area contributed by atoms with Crippen LogP contribution in [-0.2, 0) is 17.6 Å². The largest absolute Gasteiger partial charge is 0.353 e. The minimum Gasteiger partial charge on any atom is -0.353 e. The van der Waals surface area contributed by atoms with Crippen LogP contribution < -0.4 is 5.32 Å². The molecule has 2 nitrogen and oxygen atoms in total. The molecule has 0 aliphatic heterocycles. The van der Waals surface area contributed by atoms with Crippen molar-refractivity contribution < 1.29 is 4.79 Å². The first-order valence-corrected chi connectivity index (χ1v) is 11.6. The monoisotopic (exact) mass is 493 g/mol. The summed E-state index contributed by atoms with van der Waals surface area (Å²) in [7, 11) is 0. The molecule has 3 aromatic rings. The molecule has 0 radical (unpaired) electrons. The summed E-state index contributed by atoms with van der Waals surface area (Å²) in [6.45, 7) is 2.03. The van der Waals surface area contributed by atoms with Gasteiger partial charge < -0.3 is 5.32 Å². The van der Waals surface area contributed by atoms with Crippen LogP contribution >= 0.6 is 46.4 Å². The fraction of sp³-hybridized carbons (Fsp3) is 0.240. The molecule has 6 heteroatoms. The molecule has 3 rings (SSSR count). The van der Waals surface area contributed by atoms with Crippen molar-refractivity contribution in [3.05, 3.63) is 104 Å². The molecule has 3 aromatic carbocycles. The minimum absolute atomic E-state index is 0.0151. The second-order valence-electron chi connectivity index (χ2n) is 7.62. The summed E-state index contributed by atoms with van der Waals surface area (Å²) in [5.41, 5.74) is 3.21. The number of benzene rings is 3. The van der Waals surface area contributed by atoms with Crippen LogP contribution in [0.25, 0.3) is 0 Å². The summed E-state index contributed by atoms with van der Waals surface area (Å²) in [6, 6.07) is 20.9. The molecule has 31 heavy (non-hydrogen) atoms. The highest BCUT2D eigenvalue weighted by Crippen LogP contribution is 2.27. The second-order valence-corrected chi connectivity index (χ2v) is 9.37. The van der Waals surface area contributed by atoms with E-state index in [1.165, 1.54) is 0 Å². The predicted molar refractivity (Wildman–Crippen MR) is 132 cm³/mol. The fourth-order valence-corrected chi connectivity index (χ4v) is 4.43. The van der Waals surface area contributed by atoms with Crippen LogP contribution in [0.1, 0.15) is 36.0 Å². The molecule has 0 bridgehead atoms. The van der Waals surface area contributed by atoms with Crippen molar-refractivity contribution in [1.29, 1.82) is 0 Å². The average Bonchev–Trinajstić information content (AvgIpc) is 2.72. The predicted octanol–water partition coefficient (Wildman–Crippen LogP) is 7.76. The zero-order valence-electron chi connectivity index (χ0n) is 17.0. The molecule has 2 unspecified atom stereocenters. The van der Waals surface area contributed by atoms with Crippen LogP contribution in [0.5, 0.6) is 0 Å². The van der Waals surface area contributed by atoms with E-state index in [4.69, 9.17) is 46.4 Å². The molecule has 0 aliphatic carbocycles. The number of amides is 1. The van der Waals surface area contributed by atoms with E-state index >= 15 is 0 Å². The Morgan fingerprint density at radius 3 is 1.90 bits per heavy atom. The van der Waals surface area contributed by atoms with Crippen molar-refractivity contribution in [3.8, 4) is 0 Å². The number of carbonyl (C=O) groups is 1. The van der Waals surface area contributed by atoms with Crippen molar-refractivity contribution in [2.75, 3.05) is 0 Å². The first-order chi connectivity index (χ1) is 14.8. The second kappa shape index (κ2) is 11.2. The molecule has 0 aromatic heterocycles. The van der Waals surface area contributed by atoms with E-state index in [0.29, 0.717) is 32.9 Å². The molecule has 0 fully saturated rings. The smallest absolute Gasteiger partial charge is 0.220 e. The number of aryl methyl sites for hydroxylation is 1. The van der Waals surface area contributed by atoms with Gasteiger partial charge in [-0.2, -0.15) is 0 Å². The zero-order chi connectivity index (χ0) is 22.4. The lowest BCUT2D eigenvalue weighted by molar-refractivity contribution is -0.121. The maximum absolute atomic E-state index is 12.7. The Labute approximate surface area is 203 Å². The first-order valence-electron chi connectivity index (χ1n) is 10.0. The number of hydrogen-bond acceptors (Lipinski definition) is 1. The first kappa shape index (κ1) is 23.9. The molecule has 0 saturated carbocycles. The van der Waals surface area contributed by atoms with Crippen LogP contribution in [0.2, 0.25) is 20.1 Å². The van der Waals surface area contributed by atoms with Crippen LogP contribution in [0.4, 0.5) is 0 Å². The van der Waals surface area contributed by atoms with Gasteiger partial charge in [0, 0.05) is 38.5 Å². The Kier molecular flexibility index (Phi) is 8.68. The van der Waals surface area contributed by atoms with Gasteiger partial charge in [0.25, 0.3) is 0 Å². The van der Waals surface area contributed by atoms with Gasteiger partial charge in [-0.1, -0.05) is 70.7 Å². The maximum atomic E-state index is 12.7. The summed E-state index contributed by atoms with van der Waals surface area (Å²) in [6.07, 6.45) is 1.70. The SMILES string of the molecule is CC(NC(=O)CCc1cc(Cl)cc(Cl)c1)C(Cc1ccc(Cl)cc1)c1ccc(Cl)cc1. The van der Waals surface area contributed by atoms with Crippen LogP contribution in [0.3, 0.4) is 0 Å². The Morgan fingerprint density at radius 1 is 0.774 bits per heavy atom. The molecular weight excluding hydrogens is 472 g/mol. The highest BCUT2D eigenvalue weighted by Gasteiger charge is 2.22. The number of halogens is 4. The Bertz CT molecular complexity index is 998. The Balaban J connectivity index is 1.69. The lowest BCUT2D eigenvalue weighted by Crippen LogP contribution is -2.38. The van der Waals surface area contributed by atoms with Gasteiger partial charge >= 0.3 is 0 Å². The van der Waals surface area contributed by atoms with Crippen LogP contribution in [0.15, 0.2) is 66.7 Å². The van der Waals surface area contributed by atoms with Gasteiger partial charge in [0.1, 0.15) is 0 Å². The quantitative estimate of drug-likeness (QED) is 0.340. The van der Waals surface area contributed by atoms with Gasteiger partial charge in [0.15, 0.2) is 0 Å². The Hall–Kier alpha value is -1.71. The van der Waals surface area contributed by atoms with E-state index in [0.717, 1.165) is 23.1 Å². The molecule has 0 heterocycles. The van der Waals surface area contributed by atoms with Gasteiger partial charge in [0.05, 0.1) is 0 Å². The van der Waals surface area contributed by atoms with Gasteiger partial charge in [-0.25, -0.2) is 0 Å². The van der Waals surface area contributed by atoms with Crippen molar-refractivity contribution in [3.63, 3.8) is 0 Å².